The minimum atomic E-state index is -1.04. The van der Waals surface area contributed by atoms with Crippen LogP contribution in [0.3, 0.4) is 0 Å². The Kier molecular flexibility index (Phi) is 3.41. The summed E-state index contributed by atoms with van der Waals surface area (Å²) in [6.45, 7) is 0. The number of nitrogens with one attached hydrogen (secondary N) is 1. The summed E-state index contributed by atoms with van der Waals surface area (Å²) in [4.78, 5) is 61.4. The van der Waals surface area contributed by atoms with E-state index in [0.29, 0.717) is 0 Å². The Morgan fingerprint density at radius 3 is 2.52 bits per heavy atom. The van der Waals surface area contributed by atoms with Crippen LogP contribution in [0.5, 0.6) is 5.75 Å². The molecule has 0 spiro atoms. The second-order valence-electron chi connectivity index (χ2n) is 6.32. The van der Waals surface area contributed by atoms with Gasteiger partial charge in [0.15, 0.2) is 0 Å². The number of benzene rings is 1. The van der Waals surface area contributed by atoms with E-state index in [4.69, 9.17) is 4.74 Å². The Morgan fingerprint density at radius 1 is 1.08 bits per heavy atom. The normalized spacial score (nSPS) is 22.7. The second kappa shape index (κ2) is 5.51. The van der Waals surface area contributed by atoms with Crippen molar-refractivity contribution in [1.29, 1.82) is 0 Å². The van der Waals surface area contributed by atoms with Crippen molar-refractivity contribution < 1.29 is 28.7 Å². The maximum absolute atomic E-state index is 12.8. The third kappa shape index (κ3) is 2.50. The first-order valence-corrected chi connectivity index (χ1v) is 8.03. The summed E-state index contributed by atoms with van der Waals surface area (Å²) in [5.41, 5.74) is 0.0852. The van der Waals surface area contributed by atoms with E-state index >= 15 is 0 Å². The summed E-state index contributed by atoms with van der Waals surface area (Å²) in [6.07, 6.45) is 1.63. The molecule has 8 heteroatoms. The summed E-state index contributed by atoms with van der Waals surface area (Å²) in [7, 11) is 0. The van der Waals surface area contributed by atoms with Gasteiger partial charge < -0.3 is 4.74 Å². The van der Waals surface area contributed by atoms with E-state index in [0.717, 1.165) is 17.7 Å². The van der Waals surface area contributed by atoms with Crippen molar-refractivity contribution in [3.8, 4) is 5.75 Å². The first-order chi connectivity index (χ1) is 12.0. The molecule has 8 nitrogen and oxygen atoms in total. The number of amides is 4. The van der Waals surface area contributed by atoms with E-state index in [-0.39, 0.29) is 35.6 Å². The highest BCUT2D eigenvalue weighted by molar-refractivity contribution is 6.24. The quantitative estimate of drug-likeness (QED) is 0.484. The lowest BCUT2D eigenvalue weighted by atomic mass is 10.0. The molecule has 2 aliphatic heterocycles. The van der Waals surface area contributed by atoms with Gasteiger partial charge in [0.25, 0.3) is 11.8 Å². The van der Waals surface area contributed by atoms with Gasteiger partial charge in [0.05, 0.1) is 17.0 Å². The summed E-state index contributed by atoms with van der Waals surface area (Å²) in [5, 5.41) is 2.13. The predicted molar refractivity (Wildman–Crippen MR) is 81.5 cm³/mol. The molecular formula is C17H14N2O6. The molecule has 1 aromatic rings. The number of piperidine rings is 1. The predicted octanol–water partition coefficient (Wildman–Crippen LogP) is 0.403. The number of rotatable bonds is 3. The zero-order valence-electron chi connectivity index (χ0n) is 13.1. The lowest BCUT2D eigenvalue weighted by Crippen LogP contribution is -2.54. The number of esters is 1. The maximum atomic E-state index is 12.8. The summed E-state index contributed by atoms with van der Waals surface area (Å²) in [5.74, 6) is -2.98. The van der Waals surface area contributed by atoms with Crippen molar-refractivity contribution in [3.63, 3.8) is 0 Å². The van der Waals surface area contributed by atoms with Crippen LogP contribution in [-0.4, -0.2) is 40.5 Å². The summed E-state index contributed by atoms with van der Waals surface area (Å²) in [6, 6.07) is 3.39. The fraction of sp³-hybridized carbons (Fsp3) is 0.353. The minimum Gasteiger partial charge on any atom is -0.425 e. The molecule has 25 heavy (non-hydrogen) atoms. The highest BCUT2D eigenvalue weighted by atomic mass is 16.5. The average Bonchev–Trinajstić information content (AvgIpc) is 3.38. The molecule has 4 amide bonds. The van der Waals surface area contributed by atoms with E-state index < -0.39 is 35.6 Å². The van der Waals surface area contributed by atoms with E-state index in [2.05, 4.69) is 5.32 Å². The van der Waals surface area contributed by atoms with Crippen LogP contribution in [-0.2, 0) is 14.4 Å². The average molecular weight is 342 g/mol. The van der Waals surface area contributed by atoms with E-state index in [1.165, 1.54) is 18.2 Å². The van der Waals surface area contributed by atoms with Gasteiger partial charge in [0.1, 0.15) is 11.8 Å². The SMILES string of the molecule is O=C1CCC(N2C(=O)c3cccc(OC(=O)C4CC4)c3C2=O)C(=O)N1. The molecule has 0 bridgehead atoms. The molecule has 0 radical (unpaired) electrons. The second-order valence-corrected chi connectivity index (χ2v) is 6.32. The van der Waals surface area contributed by atoms with Crippen LogP contribution in [0.1, 0.15) is 46.4 Å². The van der Waals surface area contributed by atoms with Gasteiger partial charge in [-0.05, 0) is 31.4 Å². The Balaban J connectivity index is 1.66. The van der Waals surface area contributed by atoms with Gasteiger partial charge in [0, 0.05) is 6.42 Å². The topological polar surface area (TPSA) is 110 Å². The van der Waals surface area contributed by atoms with E-state index in [1.54, 1.807) is 0 Å². The molecule has 2 heterocycles. The molecule has 1 aromatic carbocycles. The van der Waals surface area contributed by atoms with Crippen LogP contribution >= 0.6 is 0 Å². The number of imide groups is 2. The first kappa shape index (κ1) is 15.5. The molecule has 0 aromatic heterocycles. The molecule has 2 fully saturated rings. The fourth-order valence-electron chi connectivity index (χ4n) is 3.08. The van der Waals surface area contributed by atoms with Crippen molar-refractivity contribution in [2.75, 3.05) is 0 Å². The van der Waals surface area contributed by atoms with Gasteiger partial charge in [-0.2, -0.15) is 0 Å². The van der Waals surface area contributed by atoms with Crippen LogP contribution < -0.4 is 10.1 Å². The molecule has 4 rings (SSSR count). The van der Waals surface area contributed by atoms with Crippen LogP contribution in [0, 0.1) is 5.92 Å². The first-order valence-electron chi connectivity index (χ1n) is 8.03. The van der Waals surface area contributed by atoms with Gasteiger partial charge in [-0.15, -0.1) is 0 Å². The highest BCUT2D eigenvalue weighted by Crippen LogP contribution is 2.36. The van der Waals surface area contributed by atoms with Gasteiger partial charge >= 0.3 is 5.97 Å². The van der Waals surface area contributed by atoms with Crippen LogP contribution in [0.15, 0.2) is 18.2 Å². The Bertz CT molecular complexity index is 842. The number of fused-ring (bicyclic) bond motifs is 1. The van der Waals surface area contributed by atoms with Gasteiger partial charge in [-0.25, -0.2) is 0 Å². The largest absolute Gasteiger partial charge is 0.425 e. The van der Waals surface area contributed by atoms with Gasteiger partial charge in [0.2, 0.25) is 11.8 Å². The van der Waals surface area contributed by atoms with Crippen molar-refractivity contribution in [2.45, 2.75) is 31.7 Å². The fourth-order valence-corrected chi connectivity index (χ4v) is 3.08. The van der Waals surface area contributed by atoms with Crippen LogP contribution in [0.25, 0.3) is 0 Å². The number of carbonyl (C=O) groups excluding carboxylic acids is 5. The lowest BCUT2D eigenvalue weighted by Gasteiger charge is -2.27. The standard InChI is InChI=1S/C17H14N2O6/c20-12-7-6-10(14(21)18-12)19-15(22)9-2-1-3-11(13(9)16(19)23)25-17(24)8-4-5-8/h1-3,8,10H,4-7H2,(H,18,20,21). The van der Waals surface area contributed by atoms with Crippen molar-refractivity contribution in [1.82, 2.24) is 10.2 Å². The number of hydrogen-bond donors (Lipinski definition) is 1. The highest BCUT2D eigenvalue weighted by Gasteiger charge is 2.46. The number of nitrogens with zero attached hydrogens (tertiary/aromatic N) is 1. The van der Waals surface area contributed by atoms with Crippen molar-refractivity contribution >= 4 is 29.6 Å². The molecular weight excluding hydrogens is 328 g/mol. The molecule has 1 unspecified atom stereocenters. The monoisotopic (exact) mass is 342 g/mol. The molecule has 1 saturated heterocycles. The number of hydrogen-bond acceptors (Lipinski definition) is 6. The van der Waals surface area contributed by atoms with Crippen LogP contribution in [0.2, 0.25) is 0 Å². The maximum Gasteiger partial charge on any atom is 0.314 e. The minimum absolute atomic E-state index is 0.00815. The van der Waals surface area contributed by atoms with Crippen molar-refractivity contribution in [3.05, 3.63) is 29.3 Å². The zero-order valence-corrected chi connectivity index (χ0v) is 13.1. The molecule has 1 saturated carbocycles. The number of ether oxygens (including phenoxy) is 1. The summed E-state index contributed by atoms with van der Waals surface area (Å²) >= 11 is 0. The van der Waals surface area contributed by atoms with Gasteiger partial charge in [-0.3, -0.25) is 34.2 Å². The Labute approximate surface area is 142 Å². The number of carbonyl (C=O) groups is 5. The van der Waals surface area contributed by atoms with Crippen LogP contribution in [0.4, 0.5) is 0 Å². The molecule has 1 aliphatic carbocycles. The third-order valence-electron chi connectivity index (χ3n) is 4.55. The van der Waals surface area contributed by atoms with E-state index in [1.807, 2.05) is 0 Å². The van der Waals surface area contributed by atoms with Gasteiger partial charge in [-0.1, -0.05) is 6.07 Å². The Morgan fingerprint density at radius 2 is 1.84 bits per heavy atom. The zero-order chi connectivity index (χ0) is 17.7. The third-order valence-corrected chi connectivity index (χ3v) is 4.55. The molecule has 1 N–H and O–H groups in total. The molecule has 3 aliphatic rings. The smallest absolute Gasteiger partial charge is 0.314 e. The Hall–Kier alpha value is -3.03. The lowest BCUT2D eigenvalue weighted by molar-refractivity contribution is -0.137. The molecule has 1 atom stereocenters. The summed E-state index contributed by atoms with van der Waals surface area (Å²) < 4.78 is 5.29. The molecule has 128 valence electrons. The van der Waals surface area contributed by atoms with Crippen molar-refractivity contribution in [2.24, 2.45) is 5.92 Å². The van der Waals surface area contributed by atoms with E-state index in [9.17, 15) is 24.0 Å².